The van der Waals surface area contributed by atoms with E-state index in [0.717, 1.165) is 32.2 Å². The number of piperidine rings is 1. The van der Waals surface area contributed by atoms with E-state index in [-0.39, 0.29) is 0 Å². The van der Waals surface area contributed by atoms with E-state index in [2.05, 4.69) is 12.4 Å². The SMILES string of the molecule is C=PC(C#N)(CC1CCN(S(=O)(=O)c2ccc(C)cc2)CC1)c1ccccc1. The number of benzene rings is 2. The fourth-order valence-electron chi connectivity index (χ4n) is 3.76. The van der Waals surface area contributed by atoms with E-state index >= 15 is 0 Å². The van der Waals surface area contributed by atoms with Gasteiger partial charge in [-0.25, -0.2) is 8.42 Å². The first-order chi connectivity index (χ1) is 13.4. The van der Waals surface area contributed by atoms with Crippen molar-refractivity contribution in [2.24, 2.45) is 5.92 Å². The smallest absolute Gasteiger partial charge is 0.207 e. The van der Waals surface area contributed by atoms with Crippen molar-refractivity contribution in [3.8, 4) is 6.07 Å². The van der Waals surface area contributed by atoms with E-state index in [1.165, 1.54) is 0 Å². The number of aryl methyl sites for hydroxylation is 1. The van der Waals surface area contributed by atoms with Crippen molar-refractivity contribution >= 4 is 24.5 Å². The van der Waals surface area contributed by atoms with Gasteiger partial charge in [-0.1, -0.05) is 62.5 Å². The molecule has 3 rings (SSSR count). The van der Waals surface area contributed by atoms with Crippen molar-refractivity contribution in [2.75, 3.05) is 13.1 Å². The van der Waals surface area contributed by atoms with E-state index in [1.54, 1.807) is 16.4 Å². The fourth-order valence-corrected chi connectivity index (χ4v) is 6.02. The lowest BCUT2D eigenvalue weighted by Crippen LogP contribution is -2.39. The normalized spacial score (nSPS) is 18.4. The van der Waals surface area contributed by atoms with Gasteiger partial charge in [0, 0.05) is 13.1 Å². The van der Waals surface area contributed by atoms with Gasteiger partial charge in [0.1, 0.15) is 5.16 Å². The second-order valence-electron chi connectivity index (χ2n) is 7.36. The van der Waals surface area contributed by atoms with E-state index in [1.807, 2.05) is 49.4 Å². The average molecular weight is 412 g/mol. The molecule has 146 valence electrons. The van der Waals surface area contributed by atoms with Crippen molar-refractivity contribution in [3.05, 3.63) is 65.7 Å². The molecule has 0 radical (unpaired) electrons. The van der Waals surface area contributed by atoms with Gasteiger partial charge in [0.15, 0.2) is 0 Å². The Kier molecular flexibility index (Phi) is 6.35. The third-order valence-corrected chi connectivity index (χ3v) is 8.52. The second kappa shape index (κ2) is 8.57. The van der Waals surface area contributed by atoms with Crippen LogP contribution in [0.15, 0.2) is 59.5 Å². The topological polar surface area (TPSA) is 61.2 Å². The Hall–Kier alpha value is -1.99. The summed E-state index contributed by atoms with van der Waals surface area (Å²) >= 11 is 0. The van der Waals surface area contributed by atoms with Crippen LogP contribution in [-0.4, -0.2) is 32.1 Å². The van der Waals surface area contributed by atoms with E-state index in [0.29, 0.717) is 30.3 Å². The molecular formula is C22H25N2O2PS. The second-order valence-corrected chi connectivity index (χ2v) is 10.4. The van der Waals surface area contributed by atoms with Gasteiger partial charge in [-0.2, -0.15) is 9.57 Å². The first-order valence-corrected chi connectivity index (χ1v) is 11.9. The molecule has 0 saturated carbocycles. The molecule has 1 aliphatic rings. The zero-order valence-corrected chi connectivity index (χ0v) is 17.8. The third kappa shape index (κ3) is 4.20. The summed E-state index contributed by atoms with van der Waals surface area (Å²) in [6.45, 7) is 2.93. The first-order valence-electron chi connectivity index (χ1n) is 9.43. The monoisotopic (exact) mass is 412 g/mol. The first kappa shape index (κ1) is 20.7. The molecule has 1 atom stereocenters. The minimum Gasteiger partial charge on any atom is -0.207 e. The highest BCUT2D eigenvalue weighted by molar-refractivity contribution is 7.89. The summed E-state index contributed by atoms with van der Waals surface area (Å²) in [4.78, 5) is 0.350. The minimum atomic E-state index is -3.45. The molecule has 2 aromatic rings. The molecule has 1 saturated heterocycles. The van der Waals surface area contributed by atoms with Gasteiger partial charge in [-0.3, -0.25) is 0 Å². The summed E-state index contributed by atoms with van der Waals surface area (Å²) in [5.41, 5.74) is 2.03. The summed E-state index contributed by atoms with van der Waals surface area (Å²) in [5.74, 6) is 0.304. The lowest BCUT2D eigenvalue weighted by molar-refractivity contribution is 0.255. The molecule has 0 N–H and O–H groups in total. The summed E-state index contributed by atoms with van der Waals surface area (Å²) in [7, 11) is -2.67. The lowest BCUT2D eigenvalue weighted by Gasteiger charge is -2.34. The van der Waals surface area contributed by atoms with Crippen molar-refractivity contribution in [1.29, 1.82) is 5.26 Å². The number of hydrogen-bond acceptors (Lipinski definition) is 3. The lowest BCUT2D eigenvalue weighted by atomic mass is 9.84. The number of sulfonamides is 1. The number of hydrogen-bond donors (Lipinski definition) is 0. The van der Waals surface area contributed by atoms with Crippen LogP contribution in [0.5, 0.6) is 0 Å². The van der Waals surface area contributed by atoms with Crippen molar-refractivity contribution in [3.63, 3.8) is 0 Å². The van der Waals surface area contributed by atoms with Crippen LogP contribution in [0.4, 0.5) is 0 Å². The molecule has 0 bridgehead atoms. The van der Waals surface area contributed by atoms with E-state index < -0.39 is 15.2 Å². The predicted octanol–water partition coefficient (Wildman–Crippen LogP) is 4.58. The van der Waals surface area contributed by atoms with Gasteiger partial charge in [0.05, 0.1) is 11.0 Å². The van der Waals surface area contributed by atoms with Crippen molar-refractivity contribution in [2.45, 2.75) is 36.2 Å². The van der Waals surface area contributed by atoms with Crippen LogP contribution in [0.2, 0.25) is 0 Å². The molecule has 1 aliphatic heterocycles. The van der Waals surface area contributed by atoms with Crippen LogP contribution < -0.4 is 0 Å². The third-order valence-electron chi connectivity index (χ3n) is 5.52. The highest BCUT2D eigenvalue weighted by Crippen LogP contribution is 2.42. The van der Waals surface area contributed by atoms with Gasteiger partial charge >= 0.3 is 0 Å². The van der Waals surface area contributed by atoms with Gasteiger partial charge in [-0.15, -0.1) is 0 Å². The summed E-state index contributed by atoms with van der Waals surface area (Å²) in [6.07, 6.45) is 6.24. The van der Waals surface area contributed by atoms with Gasteiger partial charge < -0.3 is 0 Å². The summed E-state index contributed by atoms with van der Waals surface area (Å²) in [5, 5.41) is 9.27. The number of nitriles is 1. The van der Waals surface area contributed by atoms with E-state index in [4.69, 9.17) is 0 Å². The Morgan fingerprint density at radius 2 is 1.75 bits per heavy atom. The minimum absolute atomic E-state index is 0.304. The molecule has 2 aromatic carbocycles. The Morgan fingerprint density at radius 3 is 2.29 bits per heavy atom. The number of rotatable bonds is 6. The molecule has 1 heterocycles. The zero-order chi connectivity index (χ0) is 20.2. The van der Waals surface area contributed by atoms with E-state index in [9.17, 15) is 13.7 Å². The zero-order valence-electron chi connectivity index (χ0n) is 16.1. The molecule has 0 aromatic heterocycles. The average Bonchev–Trinajstić information content (AvgIpc) is 2.73. The maximum Gasteiger partial charge on any atom is 0.243 e. The van der Waals surface area contributed by atoms with Crippen molar-refractivity contribution in [1.82, 2.24) is 4.31 Å². The van der Waals surface area contributed by atoms with Crippen molar-refractivity contribution < 1.29 is 8.42 Å². The number of nitrogens with zero attached hydrogens (tertiary/aromatic N) is 2. The molecule has 0 aliphatic carbocycles. The fraction of sp³-hybridized carbons (Fsp3) is 0.364. The molecule has 0 amide bonds. The van der Waals surface area contributed by atoms with Crippen LogP contribution in [-0.2, 0) is 15.2 Å². The van der Waals surface area contributed by atoms with Crippen LogP contribution in [0.1, 0.15) is 30.4 Å². The maximum absolute atomic E-state index is 12.9. The Bertz CT molecular complexity index is 960. The predicted molar refractivity (Wildman–Crippen MR) is 115 cm³/mol. The van der Waals surface area contributed by atoms with Crippen LogP contribution in [0, 0.1) is 24.2 Å². The highest BCUT2D eigenvalue weighted by atomic mass is 32.2. The van der Waals surface area contributed by atoms with Crippen LogP contribution in [0.25, 0.3) is 0 Å². The summed E-state index contributed by atoms with van der Waals surface area (Å²) < 4.78 is 27.3. The Labute approximate surface area is 169 Å². The Morgan fingerprint density at radius 1 is 1.14 bits per heavy atom. The van der Waals surface area contributed by atoms with Gasteiger partial charge in [-0.05, 0) is 49.8 Å². The molecule has 4 nitrogen and oxygen atoms in total. The quantitative estimate of drug-likeness (QED) is 0.653. The molecule has 1 unspecified atom stereocenters. The van der Waals surface area contributed by atoms with Gasteiger partial charge in [0.25, 0.3) is 0 Å². The summed E-state index contributed by atoms with van der Waals surface area (Å²) in [6, 6.07) is 19.3. The van der Waals surface area contributed by atoms with Crippen LogP contribution >= 0.6 is 8.20 Å². The largest absolute Gasteiger partial charge is 0.243 e. The maximum atomic E-state index is 12.9. The molecule has 6 heteroatoms. The Balaban J connectivity index is 1.70. The molecule has 28 heavy (non-hydrogen) atoms. The van der Waals surface area contributed by atoms with Gasteiger partial charge in [0.2, 0.25) is 10.0 Å². The molecule has 1 fully saturated rings. The van der Waals surface area contributed by atoms with Crippen LogP contribution in [0.3, 0.4) is 0 Å². The molecular weight excluding hydrogens is 387 g/mol. The standard InChI is InChI=1S/C22H25N2O2PS/c1-18-8-10-21(11-9-18)28(25,26)24-14-12-19(13-15-24)16-22(17-23,27-2)20-6-4-3-5-7-20/h3-11,19H,2,12-16H2,1H3. The molecule has 0 spiro atoms. The highest BCUT2D eigenvalue weighted by Gasteiger charge is 2.36.